The molecule has 1 rings (SSSR count). The number of rotatable bonds is 3. The average Bonchev–Trinajstić information content (AvgIpc) is 2.50. The summed E-state index contributed by atoms with van der Waals surface area (Å²) in [6, 6.07) is 0. The maximum absolute atomic E-state index is 8.55. The minimum atomic E-state index is -0.352. The molecule has 1 fully saturated rings. The molecule has 0 radical (unpaired) electrons. The monoisotopic (exact) mass is 118 g/mol. The van der Waals surface area contributed by atoms with Crippen molar-refractivity contribution in [3.05, 3.63) is 0 Å². The molecule has 0 aromatic rings. The number of hydrogen-bond acceptors (Lipinski definition) is 3. The molecule has 8 heavy (non-hydrogen) atoms. The van der Waals surface area contributed by atoms with Gasteiger partial charge in [0.1, 0.15) is 5.60 Å². The van der Waals surface area contributed by atoms with Crippen molar-refractivity contribution in [1.82, 2.24) is 0 Å². The summed E-state index contributed by atoms with van der Waals surface area (Å²) in [5.74, 6) is 0. The Morgan fingerprint density at radius 2 is 2.12 bits per heavy atom. The molecule has 48 valence electrons. The van der Waals surface area contributed by atoms with Crippen LogP contribution in [0.5, 0.6) is 0 Å². The summed E-state index contributed by atoms with van der Waals surface area (Å²) >= 11 is 0. The standard InChI is InChI=1S/C5H10O3/c6-2-1-5(3-7)4-8-5/h6-7H,1-4H2/t5-/m0/s1. The van der Waals surface area contributed by atoms with Crippen molar-refractivity contribution in [2.24, 2.45) is 0 Å². The van der Waals surface area contributed by atoms with E-state index in [1.165, 1.54) is 0 Å². The SMILES string of the molecule is OCC[C@]1(CO)CO1. The van der Waals surface area contributed by atoms with Gasteiger partial charge in [-0.3, -0.25) is 0 Å². The normalized spacial score (nSPS) is 35.2. The first-order valence-electron chi connectivity index (χ1n) is 2.69. The van der Waals surface area contributed by atoms with E-state index < -0.39 is 0 Å². The van der Waals surface area contributed by atoms with Gasteiger partial charge in [0.25, 0.3) is 0 Å². The minimum absolute atomic E-state index is 0.0353. The largest absolute Gasteiger partial charge is 0.396 e. The lowest BCUT2D eigenvalue weighted by molar-refractivity contribution is 0.139. The lowest BCUT2D eigenvalue weighted by Crippen LogP contribution is -2.17. The van der Waals surface area contributed by atoms with Gasteiger partial charge in [0.15, 0.2) is 0 Å². The summed E-state index contributed by atoms with van der Waals surface area (Å²) in [5.41, 5.74) is -0.352. The Hall–Kier alpha value is -0.120. The van der Waals surface area contributed by atoms with Crippen molar-refractivity contribution in [3.8, 4) is 0 Å². The van der Waals surface area contributed by atoms with Gasteiger partial charge in [-0.05, 0) is 0 Å². The van der Waals surface area contributed by atoms with Gasteiger partial charge in [0.05, 0.1) is 13.2 Å². The fourth-order valence-corrected chi connectivity index (χ4v) is 0.621. The second-order valence-corrected chi connectivity index (χ2v) is 2.10. The quantitative estimate of drug-likeness (QED) is 0.474. The lowest BCUT2D eigenvalue weighted by atomic mass is 10.1. The van der Waals surface area contributed by atoms with Crippen molar-refractivity contribution in [1.29, 1.82) is 0 Å². The van der Waals surface area contributed by atoms with Crippen molar-refractivity contribution < 1.29 is 14.9 Å². The number of aliphatic hydroxyl groups excluding tert-OH is 2. The summed E-state index contributed by atoms with van der Waals surface area (Å²) in [7, 11) is 0. The summed E-state index contributed by atoms with van der Waals surface area (Å²) in [6.07, 6.45) is 0.559. The molecule has 0 unspecified atom stereocenters. The van der Waals surface area contributed by atoms with Crippen LogP contribution < -0.4 is 0 Å². The van der Waals surface area contributed by atoms with E-state index in [-0.39, 0.29) is 18.8 Å². The molecule has 1 heterocycles. The third-order valence-electron chi connectivity index (χ3n) is 1.41. The van der Waals surface area contributed by atoms with E-state index in [4.69, 9.17) is 14.9 Å². The van der Waals surface area contributed by atoms with E-state index in [1.807, 2.05) is 0 Å². The first-order chi connectivity index (χ1) is 3.83. The Labute approximate surface area is 47.9 Å². The average molecular weight is 118 g/mol. The number of epoxide rings is 1. The zero-order valence-electron chi connectivity index (χ0n) is 4.63. The first-order valence-corrected chi connectivity index (χ1v) is 2.69. The van der Waals surface area contributed by atoms with Gasteiger partial charge < -0.3 is 14.9 Å². The highest BCUT2D eigenvalue weighted by atomic mass is 16.6. The van der Waals surface area contributed by atoms with Gasteiger partial charge in [-0.15, -0.1) is 0 Å². The topological polar surface area (TPSA) is 53.0 Å². The highest BCUT2D eigenvalue weighted by Crippen LogP contribution is 2.29. The van der Waals surface area contributed by atoms with E-state index in [1.54, 1.807) is 0 Å². The second-order valence-electron chi connectivity index (χ2n) is 2.10. The third-order valence-corrected chi connectivity index (χ3v) is 1.41. The van der Waals surface area contributed by atoms with Gasteiger partial charge >= 0.3 is 0 Å². The molecule has 0 amide bonds. The summed E-state index contributed by atoms with van der Waals surface area (Å²) in [4.78, 5) is 0. The smallest absolute Gasteiger partial charge is 0.117 e. The van der Waals surface area contributed by atoms with Crippen molar-refractivity contribution in [2.75, 3.05) is 19.8 Å². The number of aliphatic hydroxyl groups is 2. The van der Waals surface area contributed by atoms with E-state index in [0.29, 0.717) is 13.0 Å². The summed E-state index contributed by atoms with van der Waals surface area (Å²) < 4.78 is 4.88. The summed E-state index contributed by atoms with van der Waals surface area (Å²) in [5, 5.41) is 16.9. The van der Waals surface area contributed by atoms with E-state index >= 15 is 0 Å². The van der Waals surface area contributed by atoms with Crippen molar-refractivity contribution >= 4 is 0 Å². The van der Waals surface area contributed by atoms with Crippen LogP contribution in [0.15, 0.2) is 0 Å². The Balaban J connectivity index is 2.20. The molecule has 1 aliphatic rings. The molecule has 3 heteroatoms. The molecule has 1 saturated heterocycles. The minimum Gasteiger partial charge on any atom is -0.396 e. The summed E-state index contributed by atoms with van der Waals surface area (Å²) in [6.45, 7) is 0.734. The van der Waals surface area contributed by atoms with Crippen molar-refractivity contribution in [3.63, 3.8) is 0 Å². The molecule has 0 saturated carbocycles. The van der Waals surface area contributed by atoms with Crippen LogP contribution in [0.25, 0.3) is 0 Å². The molecule has 1 aliphatic heterocycles. The molecular formula is C5H10O3. The van der Waals surface area contributed by atoms with Gasteiger partial charge in [0.2, 0.25) is 0 Å². The molecule has 2 N–H and O–H groups in total. The molecule has 0 aromatic carbocycles. The molecule has 0 aromatic heterocycles. The molecule has 3 nitrogen and oxygen atoms in total. The molecule has 1 atom stereocenters. The van der Waals surface area contributed by atoms with E-state index in [2.05, 4.69) is 0 Å². The molecule has 0 aliphatic carbocycles. The Morgan fingerprint density at radius 1 is 1.50 bits per heavy atom. The van der Waals surface area contributed by atoms with E-state index in [0.717, 1.165) is 0 Å². The molecule has 0 spiro atoms. The van der Waals surface area contributed by atoms with E-state index in [9.17, 15) is 0 Å². The maximum Gasteiger partial charge on any atom is 0.117 e. The number of hydrogen-bond donors (Lipinski definition) is 2. The Bertz CT molecular complexity index is 77.7. The number of ether oxygens (including phenoxy) is 1. The van der Waals surface area contributed by atoms with Crippen LogP contribution in [-0.4, -0.2) is 35.6 Å². The predicted octanol–water partition coefficient (Wildman–Crippen LogP) is -0.870. The maximum atomic E-state index is 8.55. The fraction of sp³-hybridized carbons (Fsp3) is 1.00. The Kier molecular flexibility index (Phi) is 1.51. The van der Waals surface area contributed by atoms with Crippen LogP contribution in [-0.2, 0) is 4.74 Å². The van der Waals surface area contributed by atoms with Gasteiger partial charge in [-0.1, -0.05) is 0 Å². The van der Waals surface area contributed by atoms with Crippen LogP contribution in [0.3, 0.4) is 0 Å². The van der Waals surface area contributed by atoms with Gasteiger partial charge in [-0.2, -0.15) is 0 Å². The zero-order chi connectivity index (χ0) is 6.04. The second kappa shape index (κ2) is 2.01. The predicted molar refractivity (Wildman–Crippen MR) is 27.5 cm³/mol. The Morgan fingerprint density at radius 3 is 2.25 bits per heavy atom. The van der Waals surface area contributed by atoms with Crippen LogP contribution in [0.1, 0.15) is 6.42 Å². The molecular weight excluding hydrogens is 108 g/mol. The lowest BCUT2D eigenvalue weighted by Gasteiger charge is -2.02. The first kappa shape index (κ1) is 6.01. The van der Waals surface area contributed by atoms with Crippen LogP contribution in [0, 0.1) is 0 Å². The third kappa shape index (κ3) is 0.992. The van der Waals surface area contributed by atoms with Crippen LogP contribution in [0.2, 0.25) is 0 Å². The van der Waals surface area contributed by atoms with Gasteiger partial charge in [0, 0.05) is 13.0 Å². The molecule has 0 bridgehead atoms. The zero-order valence-corrected chi connectivity index (χ0v) is 4.63. The highest BCUT2D eigenvalue weighted by Gasteiger charge is 2.43. The van der Waals surface area contributed by atoms with Gasteiger partial charge in [-0.25, -0.2) is 0 Å². The van der Waals surface area contributed by atoms with Crippen LogP contribution >= 0.6 is 0 Å². The van der Waals surface area contributed by atoms with Crippen LogP contribution in [0.4, 0.5) is 0 Å². The highest BCUT2D eigenvalue weighted by molar-refractivity contribution is 4.90. The van der Waals surface area contributed by atoms with Crippen molar-refractivity contribution in [2.45, 2.75) is 12.0 Å². The fourth-order valence-electron chi connectivity index (χ4n) is 0.621.